The predicted molar refractivity (Wildman–Crippen MR) is 98.1 cm³/mol. The van der Waals surface area contributed by atoms with Gasteiger partial charge < -0.3 is 10.2 Å². The molecule has 1 saturated carbocycles. The Morgan fingerprint density at radius 1 is 1.26 bits per heavy atom. The lowest BCUT2D eigenvalue weighted by molar-refractivity contribution is 0.164. The molecule has 0 unspecified atom stereocenters. The van der Waals surface area contributed by atoms with E-state index < -0.39 is 0 Å². The third-order valence-corrected chi connectivity index (χ3v) is 6.10. The van der Waals surface area contributed by atoms with Gasteiger partial charge in [-0.1, -0.05) is 25.1 Å². The van der Waals surface area contributed by atoms with Gasteiger partial charge in [0.05, 0.1) is 0 Å². The minimum Gasteiger partial charge on any atom is -0.338 e. The zero-order valence-corrected chi connectivity index (χ0v) is 14.9. The van der Waals surface area contributed by atoms with Crippen LogP contribution in [0.15, 0.2) is 29.6 Å². The van der Waals surface area contributed by atoms with E-state index in [-0.39, 0.29) is 6.03 Å². The Morgan fingerprint density at radius 3 is 2.78 bits per heavy atom. The number of carbonyl (C=O) groups is 1. The van der Waals surface area contributed by atoms with Gasteiger partial charge in [-0.25, -0.2) is 4.79 Å². The number of rotatable bonds is 4. The quantitative estimate of drug-likeness (QED) is 0.868. The van der Waals surface area contributed by atoms with E-state index >= 15 is 0 Å². The summed E-state index contributed by atoms with van der Waals surface area (Å²) in [4.78, 5) is 14.2. The average Bonchev–Trinajstić information content (AvgIpc) is 2.98. The number of hydrogen-bond donors (Lipinski definition) is 1. The first-order chi connectivity index (χ1) is 11.1. The second kappa shape index (κ2) is 7.35. The van der Waals surface area contributed by atoms with Gasteiger partial charge in [-0.15, -0.1) is 11.3 Å². The number of nitrogens with zero attached hydrogens (tertiary/aromatic N) is 1. The van der Waals surface area contributed by atoms with Gasteiger partial charge in [0.1, 0.15) is 0 Å². The van der Waals surface area contributed by atoms with E-state index in [9.17, 15) is 4.79 Å². The van der Waals surface area contributed by atoms with Crippen molar-refractivity contribution in [1.82, 2.24) is 10.2 Å². The Labute approximate surface area is 142 Å². The molecule has 0 radical (unpaired) electrons. The smallest absolute Gasteiger partial charge is 0.317 e. The highest BCUT2D eigenvalue weighted by atomic mass is 32.1. The molecule has 1 N–H and O–H groups in total. The number of urea groups is 1. The number of fused-ring (bicyclic) bond motifs is 1. The van der Waals surface area contributed by atoms with Gasteiger partial charge in [0.2, 0.25) is 0 Å². The van der Waals surface area contributed by atoms with Crippen LogP contribution in [-0.2, 0) is 6.42 Å². The molecule has 1 aliphatic carbocycles. The summed E-state index contributed by atoms with van der Waals surface area (Å²) in [6, 6.07) is 8.95. The lowest BCUT2D eigenvalue weighted by atomic mass is 9.87. The van der Waals surface area contributed by atoms with Crippen LogP contribution in [0.1, 0.15) is 38.2 Å². The molecule has 23 heavy (non-hydrogen) atoms. The summed E-state index contributed by atoms with van der Waals surface area (Å²) in [5.74, 6) is 0.814. The maximum atomic E-state index is 12.3. The van der Waals surface area contributed by atoms with Crippen LogP contribution in [0.25, 0.3) is 10.1 Å². The van der Waals surface area contributed by atoms with Crippen LogP contribution in [0.5, 0.6) is 0 Å². The lowest BCUT2D eigenvalue weighted by Crippen LogP contribution is -2.45. The predicted octanol–water partition coefficient (Wildman–Crippen LogP) is 4.66. The van der Waals surface area contributed by atoms with Gasteiger partial charge >= 0.3 is 6.03 Å². The molecule has 0 atom stereocenters. The number of benzene rings is 1. The van der Waals surface area contributed by atoms with E-state index in [0.717, 1.165) is 25.2 Å². The fourth-order valence-corrected chi connectivity index (χ4v) is 4.45. The molecule has 0 saturated heterocycles. The van der Waals surface area contributed by atoms with Crippen LogP contribution in [0.2, 0.25) is 0 Å². The summed E-state index contributed by atoms with van der Waals surface area (Å²) in [5, 5.41) is 6.62. The monoisotopic (exact) mass is 330 g/mol. The molecule has 1 aliphatic rings. The molecule has 1 heterocycles. The highest BCUT2D eigenvalue weighted by Crippen LogP contribution is 2.27. The zero-order valence-electron chi connectivity index (χ0n) is 14.0. The first-order valence-corrected chi connectivity index (χ1v) is 9.49. The van der Waals surface area contributed by atoms with Crippen LogP contribution >= 0.6 is 11.3 Å². The van der Waals surface area contributed by atoms with Crippen molar-refractivity contribution in [1.29, 1.82) is 0 Å². The van der Waals surface area contributed by atoms with Crippen molar-refractivity contribution in [3.05, 3.63) is 35.2 Å². The molecule has 124 valence electrons. The molecular weight excluding hydrogens is 304 g/mol. The summed E-state index contributed by atoms with van der Waals surface area (Å²) in [6.45, 7) is 3.01. The summed E-state index contributed by atoms with van der Waals surface area (Å²) in [5.41, 5.74) is 1.33. The molecule has 1 aromatic carbocycles. The van der Waals surface area contributed by atoms with Crippen LogP contribution in [0.4, 0.5) is 4.79 Å². The molecular formula is C19H26N2OS. The highest BCUT2D eigenvalue weighted by molar-refractivity contribution is 7.17. The minimum absolute atomic E-state index is 0.0732. The van der Waals surface area contributed by atoms with Crippen LogP contribution in [0, 0.1) is 5.92 Å². The minimum atomic E-state index is 0.0732. The van der Waals surface area contributed by atoms with Crippen molar-refractivity contribution in [2.75, 3.05) is 13.6 Å². The fraction of sp³-hybridized carbons (Fsp3) is 0.526. The Balaban J connectivity index is 1.49. The molecule has 2 amide bonds. The van der Waals surface area contributed by atoms with Gasteiger partial charge in [0, 0.05) is 24.3 Å². The SMILES string of the molecule is CC1CCC(N(C)C(=O)NCCc2csc3ccccc23)CC1. The van der Waals surface area contributed by atoms with Crippen molar-refractivity contribution in [2.24, 2.45) is 5.92 Å². The maximum Gasteiger partial charge on any atom is 0.317 e. The van der Waals surface area contributed by atoms with Gasteiger partial charge in [-0.2, -0.15) is 0 Å². The summed E-state index contributed by atoms with van der Waals surface area (Å²) >= 11 is 1.78. The Bertz CT molecular complexity index is 658. The molecule has 0 aliphatic heterocycles. The Morgan fingerprint density at radius 2 is 2.00 bits per heavy atom. The molecule has 4 heteroatoms. The number of thiophene rings is 1. The Kier molecular flexibility index (Phi) is 5.21. The first-order valence-electron chi connectivity index (χ1n) is 8.61. The van der Waals surface area contributed by atoms with Crippen molar-refractivity contribution < 1.29 is 4.79 Å². The van der Waals surface area contributed by atoms with E-state index in [1.807, 2.05) is 11.9 Å². The van der Waals surface area contributed by atoms with E-state index in [1.165, 1.54) is 28.5 Å². The number of carbonyl (C=O) groups excluding carboxylic acids is 1. The van der Waals surface area contributed by atoms with Gasteiger partial charge in [-0.3, -0.25) is 0 Å². The van der Waals surface area contributed by atoms with E-state index in [0.29, 0.717) is 12.6 Å². The lowest BCUT2D eigenvalue weighted by Gasteiger charge is -2.33. The molecule has 0 spiro atoms. The van der Waals surface area contributed by atoms with Crippen molar-refractivity contribution >= 4 is 27.5 Å². The highest BCUT2D eigenvalue weighted by Gasteiger charge is 2.24. The van der Waals surface area contributed by atoms with E-state index in [4.69, 9.17) is 0 Å². The zero-order chi connectivity index (χ0) is 16.2. The maximum absolute atomic E-state index is 12.3. The molecule has 1 fully saturated rings. The normalized spacial score (nSPS) is 21.3. The van der Waals surface area contributed by atoms with Crippen molar-refractivity contribution in [3.8, 4) is 0 Å². The van der Waals surface area contributed by atoms with Crippen LogP contribution in [0.3, 0.4) is 0 Å². The summed E-state index contributed by atoms with van der Waals surface area (Å²) in [6.07, 6.45) is 5.65. The third-order valence-electron chi connectivity index (χ3n) is 5.09. The number of amides is 2. The Hall–Kier alpha value is -1.55. The number of nitrogens with one attached hydrogen (secondary N) is 1. The summed E-state index contributed by atoms with van der Waals surface area (Å²) < 4.78 is 1.32. The van der Waals surface area contributed by atoms with Gasteiger partial charge in [0.15, 0.2) is 0 Å². The van der Waals surface area contributed by atoms with Gasteiger partial charge in [-0.05, 0) is 60.4 Å². The van der Waals surface area contributed by atoms with Crippen molar-refractivity contribution in [2.45, 2.75) is 45.1 Å². The third kappa shape index (κ3) is 3.86. The molecule has 3 rings (SSSR count). The largest absolute Gasteiger partial charge is 0.338 e. The molecule has 1 aromatic heterocycles. The number of hydrogen-bond acceptors (Lipinski definition) is 2. The van der Waals surface area contributed by atoms with E-state index in [1.54, 1.807) is 11.3 Å². The first kappa shape index (κ1) is 16.3. The molecule has 2 aromatic rings. The summed E-state index contributed by atoms with van der Waals surface area (Å²) in [7, 11) is 1.94. The van der Waals surface area contributed by atoms with Crippen LogP contribution in [-0.4, -0.2) is 30.6 Å². The van der Waals surface area contributed by atoms with Crippen LogP contribution < -0.4 is 5.32 Å². The average molecular weight is 330 g/mol. The standard InChI is InChI=1S/C19H26N2OS/c1-14-7-9-16(10-8-14)21(2)19(22)20-12-11-15-13-23-18-6-4-3-5-17(15)18/h3-6,13-14,16H,7-12H2,1-2H3,(H,20,22). The molecule has 3 nitrogen and oxygen atoms in total. The fourth-order valence-electron chi connectivity index (χ4n) is 3.45. The molecule has 0 bridgehead atoms. The second-order valence-corrected chi connectivity index (χ2v) is 7.67. The topological polar surface area (TPSA) is 32.3 Å². The van der Waals surface area contributed by atoms with Gasteiger partial charge in [0.25, 0.3) is 0 Å². The van der Waals surface area contributed by atoms with E-state index in [2.05, 4.69) is 41.9 Å². The second-order valence-electron chi connectivity index (χ2n) is 6.76. The van der Waals surface area contributed by atoms with Crippen molar-refractivity contribution in [3.63, 3.8) is 0 Å².